The van der Waals surface area contributed by atoms with Crippen LogP contribution in [0, 0.1) is 0 Å². The fraction of sp³-hybridized carbons (Fsp3) is 0. The number of carbonyl (C=O) groups excluding carboxylic acids is 2. The number of hydrogen-bond donors (Lipinski definition) is 0. The van der Waals surface area contributed by atoms with Crippen LogP contribution in [0.2, 0.25) is 0 Å². The number of ether oxygens (including phenoxy) is 1. The van der Waals surface area contributed by atoms with Gasteiger partial charge in [-0.1, -0.05) is 36.4 Å². The Balaban J connectivity index is 2.19. The van der Waals surface area contributed by atoms with Crippen molar-refractivity contribution in [2.45, 2.75) is 0 Å². The average Bonchev–Trinajstić information content (AvgIpc) is 2.72. The molecule has 0 atom stereocenters. The number of hydrogen-bond acceptors (Lipinski definition) is 3. The molecule has 0 saturated heterocycles. The second-order valence-electron chi connectivity index (χ2n) is 4.58. The highest BCUT2D eigenvalue weighted by molar-refractivity contribution is 6.19. The smallest absolute Gasteiger partial charge is 0.346 e. The van der Waals surface area contributed by atoms with E-state index in [1.165, 1.54) is 0 Å². The summed E-state index contributed by atoms with van der Waals surface area (Å²) in [7, 11) is 0. The summed E-state index contributed by atoms with van der Waals surface area (Å²) < 4.78 is 4.64. The van der Waals surface area contributed by atoms with Crippen molar-refractivity contribution in [3.05, 3.63) is 59.7 Å². The molecular formula is C16H8O3. The van der Waals surface area contributed by atoms with E-state index in [4.69, 9.17) is 0 Å². The van der Waals surface area contributed by atoms with Gasteiger partial charge in [-0.15, -0.1) is 0 Å². The van der Waals surface area contributed by atoms with E-state index in [2.05, 4.69) is 4.74 Å². The van der Waals surface area contributed by atoms with Gasteiger partial charge in [0.1, 0.15) is 0 Å². The molecule has 19 heavy (non-hydrogen) atoms. The van der Waals surface area contributed by atoms with Crippen molar-refractivity contribution < 1.29 is 14.3 Å². The van der Waals surface area contributed by atoms with Crippen LogP contribution in [0.15, 0.2) is 48.5 Å². The van der Waals surface area contributed by atoms with Gasteiger partial charge in [-0.3, -0.25) is 0 Å². The molecule has 1 heterocycles. The van der Waals surface area contributed by atoms with Gasteiger partial charge in [-0.25, -0.2) is 9.59 Å². The predicted molar refractivity (Wildman–Crippen MR) is 71.2 cm³/mol. The number of cyclic esters (lactones) is 2. The van der Waals surface area contributed by atoms with Crippen LogP contribution < -0.4 is 0 Å². The van der Waals surface area contributed by atoms with Crippen LogP contribution in [0.25, 0.3) is 21.5 Å². The van der Waals surface area contributed by atoms with E-state index < -0.39 is 11.9 Å². The molecule has 0 aromatic heterocycles. The molecule has 0 bridgehead atoms. The highest BCUT2D eigenvalue weighted by Gasteiger charge is 2.30. The molecule has 3 nitrogen and oxygen atoms in total. The van der Waals surface area contributed by atoms with Crippen molar-refractivity contribution in [3.63, 3.8) is 0 Å². The van der Waals surface area contributed by atoms with Crippen LogP contribution in [-0.2, 0) is 4.74 Å². The van der Waals surface area contributed by atoms with E-state index in [0.29, 0.717) is 11.1 Å². The van der Waals surface area contributed by atoms with Crippen molar-refractivity contribution in [1.82, 2.24) is 0 Å². The van der Waals surface area contributed by atoms with Gasteiger partial charge in [0, 0.05) is 0 Å². The molecule has 0 spiro atoms. The quantitative estimate of drug-likeness (QED) is 0.348. The molecule has 0 N–H and O–H groups in total. The Morgan fingerprint density at radius 3 is 2.21 bits per heavy atom. The van der Waals surface area contributed by atoms with Gasteiger partial charge in [0.2, 0.25) is 0 Å². The number of fused-ring (bicyclic) bond motifs is 4. The fourth-order valence-electron chi connectivity index (χ4n) is 2.59. The first-order valence-electron chi connectivity index (χ1n) is 5.96. The molecule has 3 aromatic carbocycles. The molecular weight excluding hydrogens is 240 g/mol. The molecule has 1 aliphatic rings. The minimum absolute atomic E-state index is 0.354. The Kier molecular flexibility index (Phi) is 1.85. The van der Waals surface area contributed by atoms with Crippen molar-refractivity contribution in [3.8, 4) is 0 Å². The summed E-state index contributed by atoms with van der Waals surface area (Å²) in [4.78, 5) is 23.2. The maximum atomic E-state index is 11.6. The van der Waals surface area contributed by atoms with Crippen LogP contribution in [0.1, 0.15) is 20.7 Å². The Morgan fingerprint density at radius 1 is 0.684 bits per heavy atom. The summed E-state index contributed by atoms with van der Waals surface area (Å²) in [6.07, 6.45) is 0. The van der Waals surface area contributed by atoms with Crippen LogP contribution in [0.4, 0.5) is 0 Å². The Labute approximate surface area is 108 Å². The van der Waals surface area contributed by atoms with E-state index in [9.17, 15) is 9.59 Å². The topological polar surface area (TPSA) is 43.4 Å². The second-order valence-corrected chi connectivity index (χ2v) is 4.58. The fourth-order valence-corrected chi connectivity index (χ4v) is 2.59. The van der Waals surface area contributed by atoms with Crippen molar-refractivity contribution in [2.75, 3.05) is 0 Å². The average molecular weight is 248 g/mol. The third-order valence-corrected chi connectivity index (χ3v) is 3.51. The summed E-state index contributed by atoms with van der Waals surface area (Å²) in [6.45, 7) is 0. The molecule has 1 aliphatic heterocycles. The summed E-state index contributed by atoms with van der Waals surface area (Å²) in [5, 5.41) is 4.06. The highest BCUT2D eigenvalue weighted by Crippen LogP contribution is 2.30. The minimum atomic E-state index is -0.560. The minimum Gasteiger partial charge on any atom is -0.386 e. The SMILES string of the molecule is O=C1OC(=O)c2cc3c(ccc4ccccc43)cc21. The zero-order valence-corrected chi connectivity index (χ0v) is 9.84. The lowest BCUT2D eigenvalue weighted by atomic mass is 9.97. The molecule has 90 valence electrons. The van der Waals surface area contributed by atoms with Crippen LogP contribution in [0.3, 0.4) is 0 Å². The maximum Gasteiger partial charge on any atom is 0.346 e. The van der Waals surface area contributed by atoms with Gasteiger partial charge in [0.15, 0.2) is 0 Å². The van der Waals surface area contributed by atoms with Gasteiger partial charge in [0.25, 0.3) is 0 Å². The number of benzene rings is 3. The van der Waals surface area contributed by atoms with E-state index in [0.717, 1.165) is 21.5 Å². The first-order chi connectivity index (χ1) is 9.24. The first kappa shape index (κ1) is 10.3. The van der Waals surface area contributed by atoms with Crippen LogP contribution in [-0.4, -0.2) is 11.9 Å². The van der Waals surface area contributed by atoms with Gasteiger partial charge in [-0.2, -0.15) is 0 Å². The number of rotatable bonds is 0. The number of esters is 2. The molecule has 0 aliphatic carbocycles. The summed E-state index contributed by atoms with van der Waals surface area (Å²) in [5.41, 5.74) is 0.710. The zero-order valence-electron chi connectivity index (χ0n) is 9.84. The monoisotopic (exact) mass is 248 g/mol. The zero-order chi connectivity index (χ0) is 13.0. The lowest BCUT2D eigenvalue weighted by Gasteiger charge is -2.04. The van der Waals surface area contributed by atoms with E-state index in [1.807, 2.05) is 36.4 Å². The largest absolute Gasteiger partial charge is 0.386 e. The Bertz CT molecular complexity index is 878. The summed E-state index contributed by atoms with van der Waals surface area (Å²) in [6, 6.07) is 15.4. The molecule has 0 unspecified atom stereocenters. The predicted octanol–water partition coefficient (Wildman–Crippen LogP) is 3.30. The molecule has 0 radical (unpaired) electrons. The van der Waals surface area contributed by atoms with Crippen molar-refractivity contribution in [1.29, 1.82) is 0 Å². The highest BCUT2D eigenvalue weighted by atomic mass is 16.6. The van der Waals surface area contributed by atoms with Gasteiger partial charge >= 0.3 is 11.9 Å². The van der Waals surface area contributed by atoms with Crippen molar-refractivity contribution in [2.24, 2.45) is 0 Å². The van der Waals surface area contributed by atoms with Gasteiger partial charge < -0.3 is 4.74 Å². The molecule has 3 aromatic rings. The molecule has 0 fully saturated rings. The summed E-state index contributed by atoms with van der Waals surface area (Å²) >= 11 is 0. The van der Waals surface area contributed by atoms with Crippen molar-refractivity contribution >= 4 is 33.5 Å². The lowest BCUT2D eigenvalue weighted by molar-refractivity contribution is 0.0444. The standard InChI is InChI=1S/C16H8O3/c17-15-13-7-10-6-5-9-3-1-2-4-11(9)12(10)8-14(13)16(18)19-15/h1-8H. The van der Waals surface area contributed by atoms with Gasteiger partial charge in [0.05, 0.1) is 11.1 Å². The third kappa shape index (κ3) is 1.32. The Hall–Kier alpha value is -2.68. The second kappa shape index (κ2) is 3.42. The Morgan fingerprint density at radius 2 is 1.37 bits per heavy atom. The van der Waals surface area contributed by atoms with Crippen LogP contribution in [0.5, 0.6) is 0 Å². The molecule has 3 heteroatoms. The first-order valence-corrected chi connectivity index (χ1v) is 5.96. The lowest BCUT2D eigenvalue weighted by Crippen LogP contribution is -1.96. The van der Waals surface area contributed by atoms with E-state index >= 15 is 0 Å². The van der Waals surface area contributed by atoms with Gasteiger partial charge in [-0.05, 0) is 33.7 Å². The molecule has 4 rings (SSSR count). The van der Waals surface area contributed by atoms with Crippen LogP contribution >= 0.6 is 0 Å². The normalized spacial score (nSPS) is 13.9. The third-order valence-electron chi connectivity index (χ3n) is 3.51. The molecule has 0 amide bonds. The molecule has 0 saturated carbocycles. The van der Waals surface area contributed by atoms with E-state index in [-0.39, 0.29) is 0 Å². The van der Waals surface area contributed by atoms with E-state index in [1.54, 1.807) is 12.1 Å². The number of carbonyl (C=O) groups is 2. The maximum absolute atomic E-state index is 11.6. The summed E-state index contributed by atoms with van der Waals surface area (Å²) in [5.74, 6) is -1.12.